The van der Waals surface area contributed by atoms with Crippen molar-refractivity contribution in [3.05, 3.63) is 12.7 Å². The summed E-state index contributed by atoms with van der Waals surface area (Å²) < 4.78 is 0. The lowest BCUT2D eigenvalue weighted by Gasteiger charge is -2.25. The van der Waals surface area contributed by atoms with E-state index in [1.54, 1.807) is 0 Å². The van der Waals surface area contributed by atoms with Crippen LogP contribution in [0.4, 0.5) is 0 Å². The maximum Gasteiger partial charge on any atom is 0.243 e. The zero-order valence-electron chi connectivity index (χ0n) is 8.65. The number of aliphatic hydroxyl groups is 5. The van der Waals surface area contributed by atoms with Crippen molar-refractivity contribution in [3.63, 3.8) is 0 Å². The van der Waals surface area contributed by atoms with Gasteiger partial charge in [0.2, 0.25) is 5.91 Å². The van der Waals surface area contributed by atoms with Gasteiger partial charge < -0.3 is 30.8 Å². The third-order valence-corrected chi connectivity index (χ3v) is 2.00. The molecule has 0 saturated carbocycles. The predicted molar refractivity (Wildman–Crippen MR) is 54.3 cm³/mol. The van der Waals surface area contributed by atoms with Gasteiger partial charge in [-0.2, -0.15) is 0 Å². The van der Waals surface area contributed by atoms with Gasteiger partial charge in [-0.15, -0.1) is 0 Å². The monoisotopic (exact) mass is 235 g/mol. The Morgan fingerprint density at radius 2 is 1.69 bits per heavy atom. The largest absolute Gasteiger partial charge is 0.394 e. The number of hydrogen-bond donors (Lipinski definition) is 6. The molecule has 94 valence electrons. The molecule has 1 amide bonds. The summed E-state index contributed by atoms with van der Waals surface area (Å²) >= 11 is 0. The molecule has 0 radical (unpaired) electrons. The standard InChI is InChI=1S/C9H17NO6/c1-2-7(14)10-3-5(12)8(15)9(16)6(13)4-11/h2,5-6,8-9,11-13,15-16H,1,3-4H2,(H,10,14)/t5-,6+,8+,9+/m0/s1. The molecule has 7 nitrogen and oxygen atoms in total. The second kappa shape index (κ2) is 7.31. The van der Waals surface area contributed by atoms with Crippen molar-refractivity contribution >= 4 is 5.91 Å². The second-order valence-corrected chi connectivity index (χ2v) is 3.25. The van der Waals surface area contributed by atoms with E-state index in [2.05, 4.69) is 11.9 Å². The Morgan fingerprint density at radius 3 is 2.12 bits per heavy atom. The predicted octanol–water partition coefficient (Wildman–Crippen LogP) is -3.28. The normalized spacial score (nSPS) is 18.3. The number of carbonyl (C=O) groups excluding carboxylic acids is 1. The van der Waals surface area contributed by atoms with E-state index in [0.717, 1.165) is 6.08 Å². The topological polar surface area (TPSA) is 130 Å². The average Bonchev–Trinajstić information content (AvgIpc) is 2.32. The summed E-state index contributed by atoms with van der Waals surface area (Å²) in [5.74, 6) is -0.538. The van der Waals surface area contributed by atoms with Crippen molar-refractivity contribution in [1.29, 1.82) is 0 Å². The van der Waals surface area contributed by atoms with Gasteiger partial charge in [0.05, 0.1) is 12.7 Å². The minimum absolute atomic E-state index is 0.304. The summed E-state index contributed by atoms with van der Waals surface area (Å²) in [6.07, 6.45) is -5.40. The van der Waals surface area contributed by atoms with Gasteiger partial charge in [0, 0.05) is 6.54 Å². The quantitative estimate of drug-likeness (QED) is 0.257. The maximum absolute atomic E-state index is 10.7. The van der Waals surface area contributed by atoms with E-state index in [1.807, 2.05) is 0 Å². The van der Waals surface area contributed by atoms with Gasteiger partial charge in [0.1, 0.15) is 18.3 Å². The van der Waals surface area contributed by atoms with E-state index in [-0.39, 0.29) is 6.54 Å². The zero-order valence-corrected chi connectivity index (χ0v) is 8.65. The molecule has 0 bridgehead atoms. The Hall–Kier alpha value is -0.990. The molecular formula is C9H17NO6. The summed E-state index contributed by atoms with van der Waals surface area (Å²) in [5.41, 5.74) is 0. The first-order valence-electron chi connectivity index (χ1n) is 4.67. The number of carbonyl (C=O) groups is 1. The van der Waals surface area contributed by atoms with Gasteiger partial charge in [-0.25, -0.2) is 0 Å². The molecule has 0 aromatic carbocycles. The molecule has 0 aromatic heterocycles. The van der Waals surface area contributed by atoms with Crippen LogP contribution in [-0.2, 0) is 4.79 Å². The van der Waals surface area contributed by atoms with Crippen molar-refractivity contribution in [3.8, 4) is 0 Å². The summed E-state index contributed by atoms with van der Waals surface area (Å²) in [7, 11) is 0. The fourth-order valence-corrected chi connectivity index (χ4v) is 0.961. The first-order chi connectivity index (χ1) is 7.43. The summed E-state index contributed by atoms with van der Waals surface area (Å²) in [6, 6.07) is 0. The molecule has 0 rings (SSSR count). The molecule has 0 spiro atoms. The highest BCUT2D eigenvalue weighted by molar-refractivity contribution is 5.86. The van der Waals surface area contributed by atoms with E-state index < -0.39 is 36.9 Å². The molecular weight excluding hydrogens is 218 g/mol. The van der Waals surface area contributed by atoms with Crippen LogP contribution in [-0.4, -0.2) is 69.0 Å². The second-order valence-electron chi connectivity index (χ2n) is 3.25. The van der Waals surface area contributed by atoms with E-state index in [1.165, 1.54) is 0 Å². The molecule has 0 aromatic rings. The summed E-state index contributed by atoms with van der Waals surface area (Å²) in [5, 5.41) is 47.6. The zero-order chi connectivity index (χ0) is 12.7. The Bertz CT molecular complexity index is 234. The number of hydrogen-bond acceptors (Lipinski definition) is 6. The first-order valence-corrected chi connectivity index (χ1v) is 4.67. The van der Waals surface area contributed by atoms with Gasteiger partial charge in [-0.05, 0) is 6.08 Å². The van der Waals surface area contributed by atoms with Crippen LogP contribution in [0.15, 0.2) is 12.7 Å². The molecule has 16 heavy (non-hydrogen) atoms. The van der Waals surface area contributed by atoms with Gasteiger partial charge >= 0.3 is 0 Å². The molecule has 0 aliphatic carbocycles. The number of aliphatic hydroxyl groups excluding tert-OH is 5. The molecule has 0 aliphatic rings. The number of amides is 1. The minimum atomic E-state index is -1.69. The summed E-state index contributed by atoms with van der Waals surface area (Å²) in [4.78, 5) is 10.7. The smallest absolute Gasteiger partial charge is 0.243 e. The minimum Gasteiger partial charge on any atom is -0.394 e. The van der Waals surface area contributed by atoms with Crippen LogP contribution >= 0.6 is 0 Å². The highest BCUT2D eigenvalue weighted by Gasteiger charge is 2.29. The first kappa shape index (κ1) is 15.0. The average molecular weight is 235 g/mol. The number of rotatable bonds is 7. The van der Waals surface area contributed by atoms with E-state index >= 15 is 0 Å². The van der Waals surface area contributed by atoms with Crippen LogP contribution in [0.2, 0.25) is 0 Å². The highest BCUT2D eigenvalue weighted by Crippen LogP contribution is 2.04. The van der Waals surface area contributed by atoms with Crippen molar-refractivity contribution in [2.45, 2.75) is 24.4 Å². The van der Waals surface area contributed by atoms with Crippen LogP contribution in [0.5, 0.6) is 0 Å². The van der Waals surface area contributed by atoms with Gasteiger partial charge in [0.15, 0.2) is 0 Å². The molecule has 0 heterocycles. The van der Waals surface area contributed by atoms with Gasteiger partial charge in [-0.3, -0.25) is 4.79 Å². The van der Waals surface area contributed by atoms with Crippen molar-refractivity contribution in [2.75, 3.05) is 13.2 Å². The molecule has 6 N–H and O–H groups in total. The molecule has 0 unspecified atom stereocenters. The highest BCUT2D eigenvalue weighted by atomic mass is 16.4. The Morgan fingerprint density at radius 1 is 1.19 bits per heavy atom. The molecule has 0 saturated heterocycles. The van der Waals surface area contributed by atoms with Gasteiger partial charge in [-0.1, -0.05) is 6.58 Å². The van der Waals surface area contributed by atoms with Gasteiger partial charge in [0.25, 0.3) is 0 Å². The van der Waals surface area contributed by atoms with E-state index in [4.69, 9.17) is 10.2 Å². The SMILES string of the molecule is C=CC(=O)NC[C@H](O)[C@@H](O)[C@H](O)[C@H](O)CO. The molecule has 7 heteroatoms. The van der Waals surface area contributed by atoms with E-state index in [9.17, 15) is 20.1 Å². The Balaban J connectivity index is 4.11. The summed E-state index contributed by atoms with van der Waals surface area (Å²) in [6.45, 7) is 2.13. The molecule has 0 fully saturated rings. The lowest BCUT2D eigenvalue weighted by atomic mass is 10.0. The van der Waals surface area contributed by atoms with Crippen molar-refractivity contribution in [2.24, 2.45) is 0 Å². The third kappa shape index (κ3) is 4.69. The lowest BCUT2D eigenvalue weighted by Crippen LogP contribution is -2.49. The lowest BCUT2D eigenvalue weighted by molar-refractivity contribution is -0.122. The van der Waals surface area contributed by atoms with Crippen molar-refractivity contribution < 1.29 is 30.3 Å². The van der Waals surface area contributed by atoms with Crippen LogP contribution in [0.25, 0.3) is 0 Å². The fraction of sp³-hybridized carbons (Fsp3) is 0.667. The van der Waals surface area contributed by atoms with Crippen LogP contribution < -0.4 is 5.32 Å². The third-order valence-electron chi connectivity index (χ3n) is 2.00. The van der Waals surface area contributed by atoms with Crippen molar-refractivity contribution in [1.82, 2.24) is 5.32 Å². The maximum atomic E-state index is 10.7. The number of nitrogens with one attached hydrogen (secondary N) is 1. The Kier molecular flexibility index (Phi) is 6.86. The fourth-order valence-electron chi connectivity index (χ4n) is 0.961. The molecule has 0 aliphatic heterocycles. The van der Waals surface area contributed by atoms with Crippen LogP contribution in [0.1, 0.15) is 0 Å². The van der Waals surface area contributed by atoms with Crippen LogP contribution in [0, 0.1) is 0 Å². The van der Waals surface area contributed by atoms with E-state index in [0.29, 0.717) is 0 Å². The Labute approximate surface area is 92.7 Å². The van der Waals surface area contributed by atoms with Crippen LogP contribution in [0.3, 0.4) is 0 Å². The molecule has 4 atom stereocenters.